The van der Waals surface area contributed by atoms with E-state index in [9.17, 15) is 10.1 Å². The fourth-order valence-corrected chi connectivity index (χ4v) is 2.74. The molecule has 0 unspecified atom stereocenters. The van der Waals surface area contributed by atoms with Crippen LogP contribution in [0.2, 0.25) is 0 Å². The van der Waals surface area contributed by atoms with Crippen molar-refractivity contribution in [2.45, 2.75) is 13.0 Å². The van der Waals surface area contributed by atoms with E-state index >= 15 is 0 Å². The summed E-state index contributed by atoms with van der Waals surface area (Å²) in [6.45, 7) is 1.46. The van der Waals surface area contributed by atoms with E-state index in [-0.39, 0.29) is 5.82 Å². The number of nitriles is 1. The van der Waals surface area contributed by atoms with Crippen LogP contribution in [-0.4, -0.2) is 26.7 Å². The number of anilines is 1. The SMILES string of the molecule is C[C@@H](Oc1ccc(-c2cc(-c3cccn3C)nc(N)c2C#N)cc1)C(=O)O. The Labute approximate surface area is 156 Å². The first-order chi connectivity index (χ1) is 12.9. The molecule has 7 nitrogen and oxygen atoms in total. The van der Waals surface area contributed by atoms with Crippen molar-refractivity contribution in [2.24, 2.45) is 7.05 Å². The van der Waals surface area contributed by atoms with Crippen molar-refractivity contribution in [3.05, 3.63) is 54.2 Å². The lowest BCUT2D eigenvalue weighted by Gasteiger charge is -2.13. The van der Waals surface area contributed by atoms with Gasteiger partial charge in [0.1, 0.15) is 23.2 Å². The molecule has 2 aromatic heterocycles. The molecule has 0 radical (unpaired) electrons. The van der Waals surface area contributed by atoms with Gasteiger partial charge in [0, 0.05) is 18.8 Å². The number of nitrogens with two attached hydrogens (primary N) is 1. The molecule has 0 saturated carbocycles. The second-order valence-electron chi connectivity index (χ2n) is 6.05. The van der Waals surface area contributed by atoms with E-state index in [4.69, 9.17) is 15.6 Å². The first-order valence-corrected chi connectivity index (χ1v) is 8.23. The van der Waals surface area contributed by atoms with Gasteiger partial charge in [0.25, 0.3) is 0 Å². The summed E-state index contributed by atoms with van der Waals surface area (Å²) in [5.41, 5.74) is 9.26. The molecule has 0 fully saturated rings. The van der Waals surface area contributed by atoms with E-state index < -0.39 is 12.1 Å². The molecular weight excluding hydrogens is 344 g/mol. The number of hydrogen-bond donors (Lipinski definition) is 2. The van der Waals surface area contributed by atoms with Crippen LogP contribution in [0.4, 0.5) is 5.82 Å². The summed E-state index contributed by atoms with van der Waals surface area (Å²) in [5, 5.41) is 18.4. The second-order valence-corrected chi connectivity index (χ2v) is 6.05. The van der Waals surface area contributed by atoms with Gasteiger partial charge in [0.05, 0.1) is 11.4 Å². The Hall–Kier alpha value is -3.79. The Balaban J connectivity index is 2.03. The molecule has 3 N–H and O–H groups in total. The van der Waals surface area contributed by atoms with Crippen molar-refractivity contribution in [3.8, 4) is 34.3 Å². The average molecular weight is 362 g/mol. The monoisotopic (exact) mass is 362 g/mol. The van der Waals surface area contributed by atoms with Gasteiger partial charge in [0.2, 0.25) is 0 Å². The van der Waals surface area contributed by atoms with Crippen LogP contribution in [0.25, 0.3) is 22.5 Å². The topological polar surface area (TPSA) is 114 Å². The van der Waals surface area contributed by atoms with Crippen molar-refractivity contribution in [2.75, 3.05) is 5.73 Å². The molecule has 0 saturated heterocycles. The number of nitrogens with zero attached hydrogens (tertiary/aromatic N) is 3. The first kappa shape index (κ1) is 18.0. The minimum Gasteiger partial charge on any atom is -0.479 e. The van der Waals surface area contributed by atoms with Gasteiger partial charge in [-0.25, -0.2) is 9.78 Å². The standard InChI is InChI=1S/C20H18N4O3/c1-12(20(25)26)27-14-7-5-13(6-8-14)15-10-17(18-4-3-9-24(18)2)23-19(22)16(15)11-21/h3-10,12H,1-2H3,(H2,22,23)(H,25,26)/t12-/m1/s1. The van der Waals surface area contributed by atoms with Crippen LogP contribution < -0.4 is 10.5 Å². The summed E-state index contributed by atoms with van der Waals surface area (Å²) in [6.07, 6.45) is 0.951. The van der Waals surface area contributed by atoms with E-state index in [1.807, 2.05) is 36.0 Å². The van der Waals surface area contributed by atoms with Crippen molar-refractivity contribution >= 4 is 11.8 Å². The average Bonchev–Trinajstić information content (AvgIpc) is 3.07. The zero-order valence-electron chi connectivity index (χ0n) is 14.9. The number of ether oxygens (including phenoxy) is 1. The molecule has 0 aliphatic carbocycles. The summed E-state index contributed by atoms with van der Waals surface area (Å²) < 4.78 is 7.26. The van der Waals surface area contributed by atoms with Gasteiger partial charge < -0.3 is 20.1 Å². The molecule has 0 aliphatic rings. The molecule has 27 heavy (non-hydrogen) atoms. The summed E-state index contributed by atoms with van der Waals surface area (Å²) in [5.74, 6) is -0.456. The Kier molecular flexibility index (Phi) is 4.81. The van der Waals surface area contributed by atoms with E-state index in [2.05, 4.69) is 11.1 Å². The largest absolute Gasteiger partial charge is 0.479 e. The third-order valence-corrected chi connectivity index (χ3v) is 4.19. The lowest BCUT2D eigenvalue weighted by Crippen LogP contribution is -2.22. The second kappa shape index (κ2) is 7.22. The maximum absolute atomic E-state index is 10.9. The quantitative estimate of drug-likeness (QED) is 0.721. The zero-order chi connectivity index (χ0) is 19.6. The first-order valence-electron chi connectivity index (χ1n) is 8.23. The third-order valence-electron chi connectivity index (χ3n) is 4.19. The number of pyridine rings is 1. The van der Waals surface area contributed by atoms with Crippen LogP contribution >= 0.6 is 0 Å². The van der Waals surface area contributed by atoms with Crippen molar-refractivity contribution in [1.82, 2.24) is 9.55 Å². The number of aromatic nitrogens is 2. The Bertz CT molecular complexity index is 1030. The Morgan fingerprint density at radius 2 is 2.04 bits per heavy atom. The van der Waals surface area contributed by atoms with Crippen LogP contribution in [0.1, 0.15) is 12.5 Å². The minimum absolute atomic E-state index is 0.158. The van der Waals surface area contributed by atoms with Crippen LogP contribution in [0, 0.1) is 11.3 Å². The summed E-state index contributed by atoms with van der Waals surface area (Å²) in [6, 6.07) is 14.6. The van der Waals surface area contributed by atoms with E-state index in [0.717, 1.165) is 11.3 Å². The molecule has 0 amide bonds. The van der Waals surface area contributed by atoms with Crippen LogP contribution in [0.5, 0.6) is 5.75 Å². The minimum atomic E-state index is -1.04. The third kappa shape index (κ3) is 3.60. The molecule has 2 heterocycles. The lowest BCUT2D eigenvalue weighted by atomic mass is 9.99. The summed E-state index contributed by atoms with van der Waals surface area (Å²) in [7, 11) is 1.90. The van der Waals surface area contributed by atoms with Crippen LogP contribution in [-0.2, 0) is 11.8 Å². The number of aliphatic carboxylic acids is 1. The molecule has 3 rings (SSSR count). The molecule has 0 bridgehead atoms. The number of rotatable bonds is 5. The van der Waals surface area contributed by atoms with Gasteiger partial charge in [-0.2, -0.15) is 5.26 Å². The normalized spacial score (nSPS) is 11.6. The molecule has 136 valence electrons. The predicted octanol–water partition coefficient (Wildman–Crippen LogP) is 3.06. The molecule has 7 heteroatoms. The smallest absolute Gasteiger partial charge is 0.344 e. The number of nitrogen functional groups attached to an aromatic ring is 1. The maximum atomic E-state index is 10.9. The number of carboxylic acids is 1. The van der Waals surface area contributed by atoms with Crippen molar-refractivity contribution < 1.29 is 14.6 Å². The molecule has 1 aromatic carbocycles. The van der Waals surface area contributed by atoms with Gasteiger partial charge in [-0.05, 0) is 42.8 Å². The van der Waals surface area contributed by atoms with Gasteiger partial charge >= 0.3 is 5.97 Å². The molecule has 0 aliphatic heterocycles. The Morgan fingerprint density at radius 3 is 2.59 bits per heavy atom. The van der Waals surface area contributed by atoms with E-state index in [1.165, 1.54) is 6.92 Å². The maximum Gasteiger partial charge on any atom is 0.344 e. The highest BCUT2D eigenvalue weighted by atomic mass is 16.5. The number of hydrogen-bond acceptors (Lipinski definition) is 5. The van der Waals surface area contributed by atoms with E-state index in [1.54, 1.807) is 24.3 Å². The molecular formula is C20H18N4O3. The highest BCUT2D eigenvalue weighted by molar-refractivity contribution is 5.80. The van der Waals surface area contributed by atoms with Crippen molar-refractivity contribution in [3.63, 3.8) is 0 Å². The van der Waals surface area contributed by atoms with Crippen molar-refractivity contribution in [1.29, 1.82) is 5.26 Å². The van der Waals surface area contributed by atoms with E-state index in [0.29, 0.717) is 22.6 Å². The van der Waals surface area contributed by atoms with Gasteiger partial charge in [0.15, 0.2) is 6.10 Å². The molecule has 3 aromatic rings. The van der Waals surface area contributed by atoms with Gasteiger partial charge in [-0.15, -0.1) is 0 Å². The lowest BCUT2D eigenvalue weighted by molar-refractivity contribution is -0.144. The highest BCUT2D eigenvalue weighted by Gasteiger charge is 2.16. The number of carbonyl (C=O) groups is 1. The number of carboxylic acid groups (broad SMARTS) is 1. The fraction of sp³-hybridized carbons (Fsp3) is 0.150. The Morgan fingerprint density at radius 1 is 1.33 bits per heavy atom. The fourth-order valence-electron chi connectivity index (χ4n) is 2.74. The van der Waals surface area contributed by atoms with Gasteiger partial charge in [-0.3, -0.25) is 0 Å². The summed E-state index contributed by atoms with van der Waals surface area (Å²) in [4.78, 5) is 15.3. The molecule has 1 atom stereocenters. The highest BCUT2D eigenvalue weighted by Crippen LogP contribution is 2.32. The van der Waals surface area contributed by atoms with Gasteiger partial charge in [-0.1, -0.05) is 12.1 Å². The number of aryl methyl sites for hydroxylation is 1. The summed E-state index contributed by atoms with van der Waals surface area (Å²) >= 11 is 0. The zero-order valence-corrected chi connectivity index (χ0v) is 14.9. The predicted molar refractivity (Wildman–Crippen MR) is 101 cm³/mol. The van der Waals surface area contributed by atoms with Crippen LogP contribution in [0.15, 0.2) is 48.7 Å². The molecule has 0 spiro atoms. The number of benzene rings is 1. The van der Waals surface area contributed by atoms with Crippen LogP contribution in [0.3, 0.4) is 0 Å².